The van der Waals surface area contributed by atoms with E-state index in [0.717, 1.165) is 25.5 Å². The summed E-state index contributed by atoms with van der Waals surface area (Å²) in [5.74, 6) is 6.04. The average molecular weight is 341 g/mol. The van der Waals surface area contributed by atoms with E-state index in [2.05, 4.69) is 45.7 Å². The Labute approximate surface area is 144 Å². The quantitative estimate of drug-likeness (QED) is 0.248. The zero-order valence-corrected chi connectivity index (χ0v) is 17.4. The molecule has 0 aromatic rings. The third-order valence-electron chi connectivity index (χ3n) is 4.77. The second-order valence-electron chi connectivity index (χ2n) is 7.86. The van der Waals surface area contributed by atoms with Gasteiger partial charge >= 0.3 is 0 Å². The van der Waals surface area contributed by atoms with Crippen LogP contribution < -0.4 is 0 Å². The minimum absolute atomic E-state index is 0.0131. The molecule has 0 fully saturated rings. The molecule has 0 saturated carbocycles. The summed E-state index contributed by atoms with van der Waals surface area (Å²) in [6.07, 6.45) is 4.49. The van der Waals surface area contributed by atoms with Crippen molar-refractivity contribution < 1.29 is 14.0 Å². The topological polar surface area (TPSA) is 35.5 Å². The van der Waals surface area contributed by atoms with Gasteiger partial charge in [0, 0.05) is 19.4 Å². The summed E-state index contributed by atoms with van der Waals surface area (Å²) in [7, 11) is -0.163. The van der Waals surface area contributed by atoms with Crippen LogP contribution in [0.25, 0.3) is 0 Å². The van der Waals surface area contributed by atoms with Crippen LogP contribution >= 0.6 is 0 Å². The standard InChI is InChI=1S/C19H36O3Si/c1-9-10-11-12-13-17(18(21-6)14-16(2)15-20)22-23(7,8)19(3,4)5/h15-18H,11-14H2,1-8H3/t16-,17-,18-/m0/s1. The Bertz CT molecular complexity index is 401. The van der Waals surface area contributed by atoms with E-state index in [1.807, 2.05) is 13.8 Å². The van der Waals surface area contributed by atoms with Gasteiger partial charge in [-0.1, -0.05) is 27.7 Å². The van der Waals surface area contributed by atoms with E-state index in [4.69, 9.17) is 9.16 Å². The van der Waals surface area contributed by atoms with E-state index in [9.17, 15) is 4.79 Å². The van der Waals surface area contributed by atoms with Crippen molar-refractivity contribution in [2.45, 2.75) is 90.6 Å². The number of ether oxygens (including phenoxy) is 1. The largest absolute Gasteiger partial charge is 0.411 e. The Morgan fingerprint density at radius 1 is 1.22 bits per heavy atom. The van der Waals surface area contributed by atoms with Gasteiger partial charge < -0.3 is 14.0 Å². The van der Waals surface area contributed by atoms with Crippen LogP contribution in [-0.2, 0) is 14.0 Å². The summed E-state index contributed by atoms with van der Waals surface area (Å²) in [5.41, 5.74) is 0. The molecule has 134 valence electrons. The highest BCUT2D eigenvalue weighted by atomic mass is 28.4. The molecule has 0 saturated heterocycles. The van der Waals surface area contributed by atoms with Crippen molar-refractivity contribution in [1.82, 2.24) is 0 Å². The predicted octanol–water partition coefficient (Wildman–Crippen LogP) is 4.81. The monoisotopic (exact) mass is 340 g/mol. The van der Waals surface area contributed by atoms with Gasteiger partial charge in [-0.05, 0) is 44.3 Å². The maximum Gasteiger partial charge on any atom is 0.192 e. The summed E-state index contributed by atoms with van der Waals surface area (Å²) < 4.78 is 12.3. The highest BCUT2D eigenvalue weighted by Crippen LogP contribution is 2.38. The van der Waals surface area contributed by atoms with Crippen molar-refractivity contribution in [3.8, 4) is 11.8 Å². The Morgan fingerprint density at radius 3 is 2.26 bits per heavy atom. The van der Waals surface area contributed by atoms with Crippen LogP contribution in [0.2, 0.25) is 18.1 Å². The van der Waals surface area contributed by atoms with E-state index in [1.54, 1.807) is 7.11 Å². The SMILES string of the molecule is CC#CCCC[C@H](O[Si](C)(C)C(C)(C)C)[C@H](C[C@H](C)C=O)OC. The van der Waals surface area contributed by atoms with Crippen LogP contribution in [0.15, 0.2) is 0 Å². The third-order valence-corrected chi connectivity index (χ3v) is 9.28. The van der Waals surface area contributed by atoms with Crippen molar-refractivity contribution >= 4 is 14.6 Å². The van der Waals surface area contributed by atoms with Crippen LogP contribution in [0.4, 0.5) is 0 Å². The van der Waals surface area contributed by atoms with Gasteiger partial charge in [-0.15, -0.1) is 11.8 Å². The first kappa shape index (κ1) is 22.4. The maximum atomic E-state index is 11.0. The van der Waals surface area contributed by atoms with Crippen molar-refractivity contribution in [3.63, 3.8) is 0 Å². The minimum Gasteiger partial charge on any atom is -0.411 e. The lowest BCUT2D eigenvalue weighted by molar-refractivity contribution is -0.112. The van der Waals surface area contributed by atoms with Crippen molar-refractivity contribution in [1.29, 1.82) is 0 Å². The molecule has 0 aromatic heterocycles. The molecule has 0 unspecified atom stereocenters. The van der Waals surface area contributed by atoms with E-state index >= 15 is 0 Å². The molecule has 0 N–H and O–H groups in total. The van der Waals surface area contributed by atoms with Crippen molar-refractivity contribution in [3.05, 3.63) is 0 Å². The molecule has 0 heterocycles. The lowest BCUT2D eigenvalue weighted by Crippen LogP contribution is -2.47. The first-order chi connectivity index (χ1) is 10.6. The fourth-order valence-electron chi connectivity index (χ4n) is 2.21. The molecule has 0 amide bonds. The van der Waals surface area contributed by atoms with E-state index < -0.39 is 8.32 Å². The second kappa shape index (κ2) is 10.3. The van der Waals surface area contributed by atoms with E-state index in [-0.39, 0.29) is 23.2 Å². The van der Waals surface area contributed by atoms with Gasteiger partial charge in [-0.2, -0.15) is 0 Å². The molecule has 4 heteroatoms. The third kappa shape index (κ3) is 8.15. The number of aldehydes is 1. The molecule has 0 aliphatic carbocycles. The van der Waals surface area contributed by atoms with Crippen LogP contribution in [0.3, 0.4) is 0 Å². The number of carbonyl (C=O) groups excluding carboxylic acids is 1. The van der Waals surface area contributed by atoms with Crippen molar-refractivity contribution in [2.24, 2.45) is 5.92 Å². The molecule has 0 spiro atoms. The molecule has 23 heavy (non-hydrogen) atoms. The fourth-order valence-corrected chi connectivity index (χ4v) is 3.59. The first-order valence-electron chi connectivity index (χ1n) is 8.64. The number of hydrogen-bond acceptors (Lipinski definition) is 3. The van der Waals surface area contributed by atoms with Crippen LogP contribution in [-0.4, -0.2) is 33.9 Å². The summed E-state index contributed by atoms with van der Waals surface area (Å²) in [6, 6.07) is 0. The van der Waals surface area contributed by atoms with Crippen LogP contribution in [0.1, 0.15) is 60.3 Å². The molecule has 0 radical (unpaired) electrons. The highest BCUT2D eigenvalue weighted by molar-refractivity contribution is 6.74. The number of unbranched alkanes of at least 4 members (excludes halogenated alkanes) is 1. The van der Waals surface area contributed by atoms with Gasteiger partial charge in [0.2, 0.25) is 0 Å². The van der Waals surface area contributed by atoms with Gasteiger partial charge in [0.25, 0.3) is 0 Å². The average Bonchev–Trinajstić information content (AvgIpc) is 2.46. The maximum absolute atomic E-state index is 11.0. The lowest BCUT2D eigenvalue weighted by atomic mass is 9.98. The van der Waals surface area contributed by atoms with Gasteiger partial charge in [0.15, 0.2) is 8.32 Å². The second-order valence-corrected chi connectivity index (χ2v) is 12.6. The van der Waals surface area contributed by atoms with E-state index in [1.165, 1.54) is 0 Å². The molecule has 0 rings (SSSR count). The zero-order valence-electron chi connectivity index (χ0n) is 16.4. The number of methoxy groups -OCH3 is 1. The molecule has 0 bridgehead atoms. The summed E-state index contributed by atoms with van der Waals surface area (Å²) in [5, 5.41) is 0.156. The van der Waals surface area contributed by atoms with Crippen LogP contribution in [0, 0.1) is 17.8 Å². The van der Waals surface area contributed by atoms with Gasteiger partial charge in [-0.25, -0.2) is 0 Å². The highest BCUT2D eigenvalue weighted by Gasteiger charge is 2.40. The van der Waals surface area contributed by atoms with Gasteiger partial charge in [0.1, 0.15) is 6.29 Å². The Morgan fingerprint density at radius 2 is 1.83 bits per heavy atom. The van der Waals surface area contributed by atoms with Crippen LogP contribution in [0.5, 0.6) is 0 Å². The molecule has 3 atom stereocenters. The Balaban J connectivity index is 5.09. The smallest absolute Gasteiger partial charge is 0.192 e. The lowest BCUT2D eigenvalue weighted by Gasteiger charge is -2.41. The molecule has 0 aromatic carbocycles. The van der Waals surface area contributed by atoms with Gasteiger partial charge in [-0.3, -0.25) is 0 Å². The summed E-state index contributed by atoms with van der Waals surface area (Å²) >= 11 is 0. The Kier molecular flexibility index (Phi) is 9.99. The number of rotatable bonds is 10. The zero-order chi connectivity index (χ0) is 18.1. The first-order valence-corrected chi connectivity index (χ1v) is 11.6. The predicted molar refractivity (Wildman–Crippen MR) is 100 cm³/mol. The molecular weight excluding hydrogens is 304 g/mol. The normalized spacial score (nSPS) is 16.2. The van der Waals surface area contributed by atoms with E-state index in [0.29, 0.717) is 6.42 Å². The minimum atomic E-state index is -1.88. The number of carbonyl (C=O) groups is 1. The summed E-state index contributed by atoms with van der Waals surface area (Å²) in [4.78, 5) is 11.0. The summed E-state index contributed by atoms with van der Waals surface area (Å²) in [6.45, 7) is 15.1. The molecule has 3 nitrogen and oxygen atoms in total. The number of hydrogen-bond donors (Lipinski definition) is 0. The van der Waals surface area contributed by atoms with Gasteiger partial charge in [0.05, 0.1) is 12.2 Å². The fraction of sp³-hybridized carbons (Fsp3) is 0.842. The molecular formula is C19H36O3Si. The molecule has 0 aliphatic heterocycles. The molecule has 0 aliphatic rings. The Hall–Kier alpha value is -0.633. The van der Waals surface area contributed by atoms with Crippen molar-refractivity contribution in [2.75, 3.05) is 7.11 Å².